The van der Waals surface area contributed by atoms with Gasteiger partial charge in [-0.05, 0) is 63.4 Å². The van der Waals surface area contributed by atoms with Gasteiger partial charge in [0, 0.05) is 5.88 Å². The van der Waals surface area contributed by atoms with Gasteiger partial charge in [0.15, 0.2) is 0 Å². The Morgan fingerprint density at radius 2 is 1.76 bits per heavy atom. The van der Waals surface area contributed by atoms with Gasteiger partial charge in [-0.25, -0.2) is 0 Å². The first-order valence-electron chi connectivity index (χ1n) is 5.33. The summed E-state index contributed by atoms with van der Waals surface area (Å²) in [6.07, 6.45) is 0.226. The lowest BCUT2D eigenvalue weighted by Crippen LogP contribution is -2.11. The van der Waals surface area contributed by atoms with Crippen molar-refractivity contribution in [3.8, 4) is 5.75 Å². The Bertz CT molecular complexity index is 347. The van der Waals surface area contributed by atoms with E-state index in [4.69, 9.17) is 21.1 Å². The first-order chi connectivity index (χ1) is 8.04. The Balaban J connectivity index is 2.59. The van der Waals surface area contributed by atoms with Gasteiger partial charge < -0.3 is 9.47 Å². The highest BCUT2D eigenvalue weighted by atomic mass is 79.9. The van der Waals surface area contributed by atoms with Crippen LogP contribution in [0, 0.1) is 0 Å². The molecule has 0 heterocycles. The maximum Gasteiger partial charge on any atom is 0.147 e. The number of ether oxygens (including phenoxy) is 2. The average Bonchev–Trinajstić information content (AvgIpc) is 2.26. The first-order valence-corrected chi connectivity index (χ1v) is 7.45. The molecule has 5 heteroatoms. The van der Waals surface area contributed by atoms with Gasteiger partial charge in [-0.3, -0.25) is 0 Å². The molecule has 0 aliphatic carbocycles. The quantitative estimate of drug-likeness (QED) is 0.519. The molecule has 1 aromatic rings. The summed E-state index contributed by atoms with van der Waals surface area (Å²) in [4.78, 5) is 0. The van der Waals surface area contributed by atoms with Crippen LogP contribution in [0.5, 0.6) is 5.75 Å². The van der Waals surface area contributed by atoms with Crippen molar-refractivity contribution >= 4 is 43.5 Å². The molecule has 0 fully saturated rings. The maximum absolute atomic E-state index is 5.78. The molecule has 1 rings (SSSR count). The zero-order valence-corrected chi connectivity index (χ0v) is 13.7. The molecule has 0 aliphatic heterocycles. The topological polar surface area (TPSA) is 18.5 Å². The van der Waals surface area contributed by atoms with E-state index in [0.717, 1.165) is 20.3 Å². The average molecular weight is 387 g/mol. The van der Waals surface area contributed by atoms with Gasteiger partial charge in [0.05, 0.1) is 21.7 Å². The van der Waals surface area contributed by atoms with Crippen molar-refractivity contribution in [1.29, 1.82) is 0 Å². The van der Waals surface area contributed by atoms with Gasteiger partial charge in [-0.2, -0.15) is 0 Å². The van der Waals surface area contributed by atoms with E-state index in [1.165, 1.54) is 0 Å². The number of benzene rings is 1. The molecule has 96 valence electrons. The van der Waals surface area contributed by atoms with Crippen molar-refractivity contribution < 1.29 is 9.47 Å². The summed E-state index contributed by atoms with van der Waals surface area (Å²) >= 11 is 12.7. The van der Waals surface area contributed by atoms with Gasteiger partial charge in [-0.1, -0.05) is 0 Å². The van der Waals surface area contributed by atoms with Gasteiger partial charge in [0.1, 0.15) is 12.4 Å². The Labute approximate surface area is 124 Å². The number of alkyl halides is 1. The van der Waals surface area contributed by atoms with Crippen molar-refractivity contribution in [1.82, 2.24) is 0 Å². The molecule has 17 heavy (non-hydrogen) atoms. The van der Waals surface area contributed by atoms with Crippen molar-refractivity contribution in [2.45, 2.75) is 25.8 Å². The second-order valence-corrected chi connectivity index (χ2v) is 5.77. The van der Waals surface area contributed by atoms with Gasteiger partial charge in [0.2, 0.25) is 0 Å². The van der Waals surface area contributed by atoms with Crippen LogP contribution in [0.25, 0.3) is 0 Å². The molecule has 2 nitrogen and oxygen atoms in total. The van der Waals surface area contributed by atoms with Crippen molar-refractivity contribution in [2.24, 2.45) is 0 Å². The van der Waals surface area contributed by atoms with Gasteiger partial charge in [0.25, 0.3) is 0 Å². The SMILES string of the molecule is CC(C)OCCOc1c(Br)cc(CCl)cc1Br. The molecular formula is C12H15Br2ClO2. The van der Waals surface area contributed by atoms with Crippen molar-refractivity contribution in [3.63, 3.8) is 0 Å². The molecule has 0 aliphatic rings. The Kier molecular flexibility index (Phi) is 6.85. The summed E-state index contributed by atoms with van der Waals surface area (Å²) in [5, 5.41) is 0. The minimum atomic E-state index is 0.226. The third-order valence-corrected chi connectivity index (χ3v) is 3.48. The highest BCUT2D eigenvalue weighted by Crippen LogP contribution is 2.35. The molecule has 0 spiro atoms. The molecule has 0 radical (unpaired) electrons. The van der Waals surface area contributed by atoms with Crippen LogP contribution in [-0.2, 0) is 10.6 Å². The first kappa shape index (κ1) is 15.3. The molecule has 0 aromatic heterocycles. The number of rotatable bonds is 6. The fourth-order valence-electron chi connectivity index (χ4n) is 1.25. The number of halogens is 3. The van der Waals surface area contributed by atoms with E-state index in [9.17, 15) is 0 Å². The van der Waals surface area contributed by atoms with Crippen LogP contribution in [-0.4, -0.2) is 19.3 Å². The lowest BCUT2D eigenvalue weighted by atomic mass is 10.2. The zero-order valence-electron chi connectivity index (χ0n) is 9.80. The van der Waals surface area contributed by atoms with E-state index in [1.807, 2.05) is 26.0 Å². The van der Waals surface area contributed by atoms with Gasteiger partial charge in [-0.15, -0.1) is 11.6 Å². The van der Waals surface area contributed by atoms with E-state index in [1.54, 1.807) is 0 Å². The Hall–Kier alpha value is 0.230. The van der Waals surface area contributed by atoms with Crippen LogP contribution in [0.3, 0.4) is 0 Å². The summed E-state index contributed by atoms with van der Waals surface area (Å²) in [6, 6.07) is 3.91. The van der Waals surface area contributed by atoms with Crippen molar-refractivity contribution in [3.05, 3.63) is 26.6 Å². The minimum absolute atomic E-state index is 0.226. The van der Waals surface area contributed by atoms with Crippen LogP contribution >= 0.6 is 43.5 Å². The second-order valence-electron chi connectivity index (χ2n) is 3.79. The third-order valence-electron chi connectivity index (χ3n) is 1.99. The van der Waals surface area contributed by atoms with Crippen LogP contribution in [0.1, 0.15) is 19.4 Å². The van der Waals surface area contributed by atoms with E-state index in [2.05, 4.69) is 31.9 Å². The highest BCUT2D eigenvalue weighted by Gasteiger charge is 2.08. The van der Waals surface area contributed by atoms with Gasteiger partial charge >= 0.3 is 0 Å². The molecule has 0 atom stereocenters. The van der Waals surface area contributed by atoms with Crippen molar-refractivity contribution in [2.75, 3.05) is 13.2 Å². The summed E-state index contributed by atoms with van der Waals surface area (Å²) in [7, 11) is 0. The van der Waals surface area contributed by atoms with E-state index in [-0.39, 0.29) is 6.10 Å². The monoisotopic (exact) mass is 384 g/mol. The fourth-order valence-corrected chi connectivity index (χ4v) is 2.92. The van der Waals surface area contributed by atoms with Crippen LogP contribution in [0.4, 0.5) is 0 Å². The van der Waals surface area contributed by atoms with E-state index >= 15 is 0 Å². The normalized spacial score (nSPS) is 10.9. The largest absolute Gasteiger partial charge is 0.489 e. The lowest BCUT2D eigenvalue weighted by molar-refractivity contribution is 0.0549. The summed E-state index contributed by atoms with van der Waals surface area (Å²) in [5.41, 5.74) is 1.04. The molecule has 0 saturated heterocycles. The second kappa shape index (κ2) is 7.62. The number of hydrogen-bond donors (Lipinski definition) is 0. The summed E-state index contributed by atoms with van der Waals surface area (Å²) < 4.78 is 12.9. The smallest absolute Gasteiger partial charge is 0.147 e. The summed E-state index contributed by atoms with van der Waals surface area (Å²) in [6.45, 7) is 5.10. The third kappa shape index (κ3) is 5.16. The molecule has 0 bridgehead atoms. The molecule has 0 N–H and O–H groups in total. The van der Waals surface area contributed by atoms with E-state index < -0.39 is 0 Å². The van der Waals surface area contributed by atoms with E-state index in [0.29, 0.717) is 19.1 Å². The maximum atomic E-state index is 5.78. The molecule has 0 amide bonds. The standard InChI is InChI=1S/C12H15Br2ClO2/c1-8(2)16-3-4-17-12-10(13)5-9(7-15)6-11(12)14/h5-6,8H,3-4,7H2,1-2H3. The Morgan fingerprint density at radius 3 is 2.24 bits per heavy atom. The molecule has 1 aromatic carbocycles. The predicted molar refractivity (Wildman–Crippen MR) is 78.0 cm³/mol. The molecule has 0 saturated carbocycles. The fraction of sp³-hybridized carbons (Fsp3) is 0.500. The highest BCUT2D eigenvalue weighted by molar-refractivity contribution is 9.11. The van der Waals surface area contributed by atoms with Crippen LogP contribution in [0.2, 0.25) is 0 Å². The minimum Gasteiger partial charge on any atom is -0.489 e. The van der Waals surface area contributed by atoms with Crippen LogP contribution < -0.4 is 4.74 Å². The zero-order chi connectivity index (χ0) is 12.8. The molecule has 0 unspecified atom stereocenters. The number of hydrogen-bond acceptors (Lipinski definition) is 2. The van der Waals surface area contributed by atoms with Crippen LogP contribution in [0.15, 0.2) is 21.1 Å². The summed E-state index contributed by atoms with van der Waals surface area (Å²) in [5.74, 6) is 1.26. The predicted octanol–water partition coefficient (Wildman–Crippen LogP) is 4.75. The Morgan fingerprint density at radius 1 is 1.18 bits per heavy atom. The lowest BCUT2D eigenvalue weighted by Gasteiger charge is -2.12. The molecular weight excluding hydrogens is 371 g/mol.